The summed E-state index contributed by atoms with van der Waals surface area (Å²) in [6.45, 7) is 5.81. The predicted octanol–water partition coefficient (Wildman–Crippen LogP) is 5.09. The molecule has 0 aliphatic rings. The summed E-state index contributed by atoms with van der Waals surface area (Å²) >= 11 is 0. The Hall–Kier alpha value is -1.84. The minimum absolute atomic E-state index is 0.0663. The van der Waals surface area contributed by atoms with Crippen LogP contribution in [0.3, 0.4) is 0 Å². The van der Waals surface area contributed by atoms with E-state index in [0.29, 0.717) is 24.2 Å². The van der Waals surface area contributed by atoms with Crippen molar-refractivity contribution in [1.29, 1.82) is 0 Å². The molecule has 0 radical (unpaired) electrons. The zero-order valence-corrected chi connectivity index (χ0v) is 16.6. The van der Waals surface area contributed by atoms with Gasteiger partial charge in [0.05, 0.1) is 0 Å². The van der Waals surface area contributed by atoms with E-state index in [-0.39, 0.29) is 11.8 Å². The van der Waals surface area contributed by atoms with Crippen molar-refractivity contribution in [3.8, 4) is 0 Å². The highest BCUT2D eigenvalue weighted by Crippen LogP contribution is 2.06. The fourth-order valence-electron chi connectivity index (χ4n) is 2.84. The molecular weight excluding hydrogens is 324 g/mol. The number of amides is 2. The third-order valence-electron chi connectivity index (χ3n) is 4.54. The highest BCUT2D eigenvalue weighted by Gasteiger charge is 2.08. The number of unbranched alkanes of at least 4 members (excludes halogenated alkanes) is 8. The Bertz CT molecular complexity index is 464. The first-order valence-corrected chi connectivity index (χ1v) is 10.4. The van der Waals surface area contributed by atoms with Crippen LogP contribution < -0.4 is 10.6 Å². The van der Waals surface area contributed by atoms with E-state index in [1.807, 2.05) is 0 Å². The topological polar surface area (TPSA) is 58.2 Å². The van der Waals surface area contributed by atoms with Gasteiger partial charge in [-0.3, -0.25) is 9.59 Å². The molecule has 0 saturated heterocycles. The van der Waals surface area contributed by atoms with Crippen LogP contribution in [-0.2, 0) is 0 Å². The zero-order chi connectivity index (χ0) is 19.0. The maximum Gasteiger partial charge on any atom is 0.251 e. The molecule has 1 aromatic carbocycles. The van der Waals surface area contributed by atoms with E-state index in [9.17, 15) is 9.59 Å². The van der Waals surface area contributed by atoms with Crippen molar-refractivity contribution in [3.63, 3.8) is 0 Å². The minimum Gasteiger partial charge on any atom is -0.352 e. The average Bonchev–Trinajstić information content (AvgIpc) is 2.67. The second-order valence-electron chi connectivity index (χ2n) is 6.92. The standard InChI is InChI=1S/C22H36N2O2/c1-3-5-7-9-11-17-23-21(25)19-13-15-20(16-14-19)22(26)24-18-12-10-8-6-4-2/h13-16H,3-12,17-18H2,1-2H3,(H,23,25)(H,24,26). The summed E-state index contributed by atoms with van der Waals surface area (Å²) in [6, 6.07) is 6.90. The van der Waals surface area contributed by atoms with Gasteiger partial charge in [-0.15, -0.1) is 0 Å². The summed E-state index contributed by atoms with van der Waals surface area (Å²) in [5, 5.41) is 5.89. The molecule has 4 nitrogen and oxygen atoms in total. The van der Waals surface area contributed by atoms with Crippen LogP contribution in [0.4, 0.5) is 0 Å². The average molecular weight is 361 g/mol. The lowest BCUT2D eigenvalue weighted by Gasteiger charge is -2.07. The number of nitrogens with one attached hydrogen (secondary N) is 2. The number of benzene rings is 1. The number of rotatable bonds is 14. The van der Waals surface area contributed by atoms with Gasteiger partial charge < -0.3 is 10.6 Å². The van der Waals surface area contributed by atoms with Crippen LogP contribution in [0.25, 0.3) is 0 Å². The Kier molecular flexibility index (Phi) is 12.2. The van der Waals surface area contributed by atoms with Gasteiger partial charge in [-0.25, -0.2) is 0 Å². The molecular formula is C22H36N2O2. The largest absolute Gasteiger partial charge is 0.352 e. The van der Waals surface area contributed by atoms with E-state index >= 15 is 0 Å². The molecule has 2 N–H and O–H groups in total. The van der Waals surface area contributed by atoms with Crippen LogP contribution in [0.2, 0.25) is 0 Å². The van der Waals surface area contributed by atoms with Gasteiger partial charge in [0, 0.05) is 24.2 Å². The van der Waals surface area contributed by atoms with Gasteiger partial charge in [-0.1, -0.05) is 65.2 Å². The number of carbonyl (C=O) groups excluding carboxylic acids is 2. The monoisotopic (exact) mass is 360 g/mol. The summed E-state index contributed by atoms with van der Waals surface area (Å²) in [4.78, 5) is 24.2. The van der Waals surface area contributed by atoms with Crippen molar-refractivity contribution in [1.82, 2.24) is 10.6 Å². The van der Waals surface area contributed by atoms with E-state index in [1.165, 1.54) is 38.5 Å². The Balaban J connectivity index is 2.26. The van der Waals surface area contributed by atoms with Crippen LogP contribution in [0.5, 0.6) is 0 Å². The Labute approximate surface area is 159 Å². The fourth-order valence-corrected chi connectivity index (χ4v) is 2.84. The quantitative estimate of drug-likeness (QED) is 0.454. The molecule has 0 fully saturated rings. The van der Waals surface area contributed by atoms with Crippen LogP contribution in [0.1, 0.15) is 98.8 Å². The van der Waals surface area contributed by atoms with Crippen LogP contribution in [0, 0.1) is 0 Å². The SMILES string of the molecule is CCCCCCCNC(=O)c1ccc(C(=O)NCCCCCCC)cc1. The Morgan fingerprint density at radius 3 is 1.31 bits per heavy atom. The lowest BCUT2D eigenvalue weighted by molar-refractivity contribution is 0.0941. The van der Waals surface area contributed by atoms with Gasteiger partial charge in [0.15, 0.2) is 0 Å². The third-order valence-corrected chi connectivity index (χ3v) is 4.54. The van der Waals surface area contributed by atoms with Gasteiger partial charge in [-0.2, -0.15) is 0 Å². The van der Waals surface area contributed by atoms with E-state index < -0.39 is 0 Å². The van der Waals surface area contributed by atoms with Crippen LogP contribution >= 0.6 is 0 Å². The highest BCUT2D eigenvalue weighted by atomic mass is 16.2. The third kappa shape index (κ3) is 9.59. The van der Waals surface area contributed by atoms with E-state index in [1.54, 1.807) is 24.3 Å². The van der Waals surface area contributed by atoms with Gasteiger partial charge in [-0.05, 0) is 37.1 Å². The van der Waals surface area contributed by atoms with Gasteiger partial charge >= 0.3 is 0 Å². The lowest BCUT2D eigenvalue weighted by atomic mass is 10.1. The number of hydrogen-bond donors (Lipinski definition) is 2. The van der Waals surface area contributed by atoms with Gasteiger partial charge in [0.1, 0.15) is 0 Å². The molecule has 146 valence electrons. The molecule has 4 heteroatoms. The molecule has 0 unspecified atom stereocenters. The highest BCUT2D eigenvalue weighted by molar-refractivity contribution is 5.97. The number of carbonyl (C=O) groups is 2. The Morgan fingerprint density at radius 2 is 0.962 bits per heavy atom. The van der Waals surface area contributed by atoms with Gasteiger partial charge in [0.25, 0.3) is 11.8 Å². The maximum atomic E-state index is 12.1. The molecule has 2 amide bonds. The smallest absolute Gasteiger partial charge is 0.251 e. The molecule has 26 heavy (non-hydrogen) atoms. The van der Waals surface area contributed by atoms with E-state index in [4.69, 9.17) is 0 Å². The Morgan fingerprint density at radius 1 is 0.615 bits per heavy atom. The molecule has 0 saturated carbocycles. The normalized spacial score (nSPS) is 10.5. The first kappa shape index (κ1) is 22.2. The zero-order valence-electron chi connectivity index (χ0n) is 16.6. The molecule has 0 bridgehead atoms. The fraction of sp³-hybridized carbons (Fsp3) is 0.636. The second kappa shape index (κ2) is 14.3. The summed E-state index contributed by atoms with van der Waals surface area (Å²) in [5.41, 5.74) is 1.21. The summed E-state index contributed by atoms with van der Waals surface area (Å²) in [7, 11) is 0. The first-order valence-electron chi connectivity index (χ1n) is 10.4. The lowest BCUT2D eigenvalue weighted by Crippen LogP contribution is -2.26. The van der Waals surface area contributed by atoms with Crippen LogP contribution in [-0.4, -0.2) is 24.9 Å². The van der Waals surface area contributed by atoms with E-state index in [0.717, 1.165) is 25.7 Å². The molecule has 0 aliphatic heterocycles. The summed E-state index contributed by atoms with van der Waals surface area (Å²) < 4.78 is 0. The van der Waals surface area contributed by atoms with Gasteiger partial charge in [0.2, 0.25) is 0 Å². The molecule has 0 atom stereocenters. The molecule has 1 rings (SSSR count). The molecule has 0 aliphatic carbocycles. The molecule has 0 aromatic heterocycles. The van der Waals surface area contributed by atoms with E-state index in [2.05, 4.69) is 24.5 Å². The van der Waals surface area contributed by atoms with Crippen molar-refractivity contribution >= 4 is 11.8 Å². The van der Waals surface area contributed by atoms with Crippen molar-refractivity contribution in [2.75, 3.05) is 13.1 Å². The first-order chi connectivity index (χ1) is 12.7. The van der Waals surface area contributed by atoms with Crippen molar-refractivity contribution in [2.24, 2.45) is 0 Å². The van der Waals surface area contributed by atoms with Crippen molar-refractivity contribution in [2.45, 2.75) is 78.1 Å². The molecule has 0 heterocycles. The summed E-state index contributed by atoms with van der Waals surface area (Å²) in [5.74, 6) is -0.133. The van der Waals surface area contributed by atoms with Crippen LogP contribution in [0.15, 0.2) is 24.3 Å². The minimum atomic E-state index is -0.0663. The maximum absolute atomic E-state index is 12.1. The predicted molar refractivity (Wildman–Crippen MR) is 109 cm³/mol. The van der Waals surface area contributed by atoms with Crippen molar-refractivity contribution < 1.29 is 9.59 Å². The summed E-state index contributed by atoms with van der Waals surface area (Å²) in [6.07, 6.45) is 11.8. The second-order valence-corrected chi connectivity index (χ2v) is 6.92. The van der Waals surface area contributed by atoms with Crippen molar-refractivity contribution in [3.05, 3.63) is 35.4 Å². The molecule has 0 spiro atoms. The number of hydrogen-bond acceptors (Lipinski definition) is 2. The molecule has 1 aromatic rings.